The van der Waals surface area contributed by atoms with Gasteiger partial charge in [-0.15, -0.1) is 0 Å². The molecule has 140 valence electrons. The Hall–Kier alpha value is -2.02. The third kappa shape index (κ3) is 4.20. The number of amides is 1. The normalized spacial score (nSPS) is 13.7. The lowest BCUT2D eigenvalue weighted by molar-refractivity contribution is 0.0241. The van der Waals surface area contributed by atoms with E-state index in [1.54, 1.807) is 11.1 Å². The van der Waals surface area contributed by atoms with E-state index < -0.39 is 5.60 Å². The third-order valence-electron chi connectivity index (χ3n) is 4.20. The van der Waals surface area contributed by atoms with E-state index in [0.717, 1.165) is 33.5 Å². The molecule has 6 nitrogen and oxygen atoms in total. The fourth-order valence-corrected chi connectivity index (χ4v) is 3.50. The van der Waals surface area contributed by atoms with Gasteiger partial charge in [0.1, 0.15) is 11.4 Å². The van der Waals surface area contributed by atoms with Gasteiger partial charge in [0, 0.05) is 25.6 Å². The molecule has 0 N–H and O–H groups in total. The van der Waals surface area contributed by atoms with Crippen LogP contribution < -0.4 is 4.74 Å². The minimum atomic E-state index is -0.498. The van der Waals surface area contributed by atoms with Crippen molar-refractivity contribution >= 4 is 22.0 Å². The summed E-state index contributed by atoms with van der Waals surface area (Å²) in [5.41, 5.74) is 2.76. The van der Waals surface area contributed by atoms with E-state index in [2.05, 4.69) is 21.0 Å². The number of hydrogen-bond acceptors (Lipinski definition) is 4. The lowest BCUT2D eigenvalue weighted by Gasteiger charge is -2.24. The van der Waals surface area contributed by atoms with Gasteiger partial charge >= 0.3 is 6.09 Å². The molecule has 2 aromatic rings. The molecule has 3 rings (SSSR count). The number of aromatic nitrogens is 2. The van der Waals surface area contributed by atoms with Gasteiger partial charge in [-0.2, -0.15) is 5.10 Å². The van der Waals surface area contributed by atoms with Crippen molar-refractivity contribution in [1.82, 2.24) is 14.7 Å². The van der Waals surface area contributed by atoms with Crippen LogP contribution in [0.1, 0.15) is 37.6 Å². The zero-order valence-electron chi connectivity index (χ0n) is 15.6. The summed E-state index contributed by atoms with van der Waals surface area (Å²) in [4.78, 5) is 14.0. The third-order valence-corrected chi connectivity index (χ3v) is 4.86. The summed E-state index contributed by atoms with van der Waals surface area (Å²) < 4.78 is 14.3. The van der Waals surface area contributed by atoms with Crippen molar-refractivity contribution in [2.24, 2.45) is 7.05 Å². The van der Waals surface area contributed by atoms with E-state index >= 15 is 0 Å². The lowest BCUT2D eigenvalue weighted by atomic mass is 10.1. The standard InChI is InChI=1S/C19H24BrN3O3/c1-19(2,3)26-18(24)23-11-13-6-5-7-17(14(13)12-23)25-9-8-16-15(20)10-21-22(16)4/h5-7,10H,8-9,11-12H2,1-4H3. The van der Waals surface area contributed by atoms with Gasteiger partial charge < -0.3 is 9.47 Å². The van der Waals surface area contributed by atoms with E-state index in [1.165, 1.54) is 0 Å². The maximum Gasteiger partial charge on any atom is 0.410 e. The van der Waals surface area contributed by atoms with E-state index in [4.69, 9.17) is 9.47 Å². The first kappa shape index (κ1) is 18.8. The maximum atomic E-state index is 12.3. The van der Waals surface area contributed by atoms with Crippen LogP contribution in [-0.4, -0.2) is 33.0 Å². The van der Waals surface area contributed by atoms with E-state index in [9.17, 15) is 4.79 Å². The Labute approximate surface area is 162 Å². The number of rotatable bonds is 4. The van der Waals surface area contributed by atoms with Gasteiger partial charge in [-0.25, -0.2) is 4.79 Å². The predicted octanol–water partition coefficient (Wildman–Crippen LogP) is 4.05. The highest BCUT2D eigenvalue weighted by molar-refractivity contribution is 9.10. The van der Waals surface area contributed by atoms with Gasteiger partial charge in [0.05, 0.1) is 29.5 Å². The Kier molecular flexibility index (Phi) is 5.27. The highest BCUT2D eigenvalue weighted by Crippen LogP contribution is 2.32. The van der Waals surface area contributed by atoms with Gasteiger partial charge in [-0.3, -0.25) is 9.58 Å². The molecular weight excluding hydrogens is 398 g/mol. The van der Waals surface area contributed by atoms with Crippen molar-refractivity contribution in [3.8, 4) is 5.75 Å². The molecule has 1 aliphatic heterocycles. The van der Waals surface area contributed by atoms with Crippen LogP contribution in [0.15, 0.2) is 28.9 Å². The van der Waals surface area contributed by atoms with Crippen molar-refractivity contribution in [2.75, 3.05) is 6.61 Å². The van der Waals surface area contributed by atoms with Crippen LogP contribution in [0.3, 0.4) is 0 Å². The molecule has 0 saturated heterocycles. The summed E-state index contributed by atoms with van der Waals surface area (Å²) in [6.07, 6.45) is 2.24. The average molecular weight is 422 g/mol. The van der Waals surface area contributed by atoms with E-state index in [-0.39, 0.29) is 6.09 Å². The summed E-state index contributed by atoms with van der Waals surface area (Å²) in [7, 11) is 1.92. The minimum absolute atomic E-state index is 0.293. The molecule has 0 bridgehead atoms. The monoisotopic (exact) mass is 421 g/mol. The fourth-order valence-electron chi connectivity index (χ4n) is 2.96. The summed E-state index contributed by atoms with van der Waals surface area (Å²) >= 11 is 3.50. The molecule has 0 atom stereocenters. The molecule has 0 aliphatic carbocycles. The van der Waals surface area contributed by atoms with Crippen LogP contribution in [-0.2, 0) is 31.3 Å². The number of carbonyl (C=O) groups is 1. The summed E-state index contributed by atoms with van der Waals surface area (Å²) in [5.74, 6) is 0.826. The van der Waals surface area contributed by atoms with Crippen molar-refractivity contribution < 1.29 is 14.3 Å². The molecule has 7 heteroatoms. The summed E-state index contributed by atoms with van der Waals surface area (Å²) in [5, 5.41) is 4.21. The summed E-state index contributed by atoms with van der Waals surface area (Å²) in [6.45, 7) is 7.23. The van der Waals surface area contributed by atoms with Crippen molar-refractivity contribution in [3.05, 3.63) is 45.7 Å². The van der Waals surface area contributed by atoms with Crippen LogP contribution in [0, 0.1) is 0 Å². The predicted molar refractivity (Wildman–Crippen MR) is 102 cm³/mol. The molecule has 0 unspecified atom stereocenters. The Bertz CT molecular complexity index is 791. The smallest absolute Gasteiger partial charge is 0.410 e. The number of benzene rings is 1. The van der Waals surface area contributed by atoms with Crippen molar-refractivity contribution in [1.29, 1.82) is 0 Å². The van der Waals surface area contributed by atoms with E-state index in [0.29, 0.717) is 19.7 Å². The largest absolute Gasteiger partial charge is 0.493 e. The summed E-state index contributed by atoms with van der Waals surface area (Å²) in [6, 6.07) is 5.95. The van der Waals surface area contributed by atoms with Gasteiger partial charge in [-0.05, 0) is 48.3 Å². The van der Waals surface area contributed by atoms with Crippen LogP contribution in [0.2, 0.25) is 0 Å². The minimum Gasteiger partial charge on any atom is -0.493 e. The number of nitrogens with zero attached hydrogens (tertiary/aromatic N) is 3. The SMILES string of the molecule is Cn1ncc(Br)c1CCOc1cccc2c1CN(C(=O)OC(C)(C)C)C2. The first-order valence-electron chi connectivity index (χ1n) is 8.62. The van der Waals surface area contributed by atoms with Crippen LogP contribution in [0.5, 0.6) is 5.75 Å². The molecule has 0 saturated carbocycles. The Balaban J connectivity index is 1.64. The van der Waals surface area contributed by atoms with Gasteiger partial charge in [0.25, 0.3) is 0 Å². The lowest BCUT2D eigenvalue weighted by Crippen LogP contribution is -2.33. The van der Waals surface area contributed by atoms with Crippen LogP contribution in [0.4, 0.5) is 4.79 Å². The Morgan fingerprint density at radius 3 is 2.73 bits per heavy atom. The number of carbonyl (C=O) groups excluding carboxylic acids is 1. The molecule has 26 heavy (non-hydrogen) atoms. The fraction of sp³-hybridized carbons (Fsp3) is 0.474. The average Bonchev–Trinajstić information content (AvgIpc) is 3.12. The molecule has 1 aromatic carbocycles. The first-order valence-corrected chi connectivity index (χ1v) is 9.42. The van der Waals surface area contributed by atoms with Gasteiger partial charge in [0.2, 0.25) is 0 Å². The topological polar surface area (TPSA) is 56.6 Å². The van der Waals surface area contributed by atoms with E-state index in [1.807, 2.05) is 50.7 Å². The van der Waals surface area contributed by atoms with Gasteiger partial charge in [-0.1, -0.05) is 12.1 Å². The molecular formula is C19H24BrN3O3. The zero-order valence-corrected chi connectivity index (χ0v) is 17.2. The van der Waals surface area contributed by atoms with Crippen molar-refractivity contribution in [3.63, 3.8) is 0 Å². The molecule has 0 spiro atoms. The Morgan fingerprint density at radius 2 is 2.08 bits per heavy atom. The molecule has 1 amide bonds. The van der Waals surface area contributed by atoms with Gasteiger partial charge in [0.15, 0.2) is 0 Å². The number of ether oxygens (including phenoxy) is 2. The van der Waals surface area contributed by atoms with Crippen LogP contribution in [0.25, 0.3) is 0 Å². The molecule has 1 aliphatic rings. The Morgan fingerprint density at radius 1 is 1.31 bits per heavy atom. The molecule has 0 fully saturated rings. The molecule has 0 radical (unpaired) electrons. The highest BCUT2D eigenvalue weighted by Gasteiger charge is 2.29. The number of hydrogen-bond donors (Lipinski definition) is 0. The second kappa shape index (κ2) is 7.31. The zero-order chi connectivity index (χ0) is 18.9. The maximum absolute atomic E-state index is 12.3. The second-order valence-corrected chi connectivity index (χ2v) is 8.25. The number of halogens is 1. The van der Waals surface area contributed by atoms with Crippen LogP contribution >= 0.6 is 15.9 Å². The van der Waals surface area contributed by atoms with Crippen molar-refractivity contribution in [2.45, 2.75) is 45.9 Å². The molecule has 2 heterocycles. The quantitative estimate of drug-likeness (QED) is 0.746. The molecule has 1 aromatic heterocycles. The first-order chi connectivity index (χ1) is 12.2. The highest BCUT2D eigenvalue weighted by atomic mass is 79.9. The number of fused-ring (bicyclic) bond motifs is 1. The second-order valence-electron chi connectivity index (χ2n) is 7.39. The number of aryl methyl sites for hydroxylation is 1.